The normalized spacial score (nSPS) is 10.6. The number of anilines is 1. The molecule has 0 spiro atoms. The van der Waals surface area contributed by atoms with Crippen LogP contribution in [0.4, 0.5) is 5.13 Å². The maximum absolute atomic E-state index is 12.1. The Morgan fingerprint density at radius 3 is 2.65 bits per heavy atom. The quantitative estimate of drug-likeness (QED) is 0.474. The van der Waals surface area contributed by atoms with Crippen LogP contribution in [0.2, 0.25) is 0 Å². The van der Waals surface area contributed by atoms with E-state index in [1.807, 2.05) is 60.0 Å². The number of benzene rings is 2. The number of aromatic nitrogens is 1. The predicted molar refractivity (Wildman–Crippen MR) is 107 cm³/mol. The summed E-state index contributed by atoms with van der Waals surface area (Å²) in [5, 5.41) is 5.29. The lowest BCUT2D eigenvalue weighted by Crippen LogP contribution is -2.07. The van der Waals surface area contributed by atoms with Gasteiger partial charge in [0.2, 0.25) is 5.91 Å². The lowest BCUT2D eigenvalue weighted by Gasteiger charge is -2.02. The molecule has 3 aromatic rings. The van der Waals surface area contributed by atoms with Crippen molar-refractivity contribution >= 4 is 28.5 Å². The van der Waals surface area contributed by atoms with Gasteiger partial charge < -0.3 is 4.74 Å². The molecule has 0 unspecified atom stereocenters. The van der Waals surface area contributed by atoms with Gasteiger partial charge in [0, 0.05) is 17.0 Å². The number of hydrogen-bond donors (Lipinski definition) is 1. The molecule has 2 aromatic carbocycles. The van der Waals surface area contributed by atoms with E-state index >= 15 is 0 Å². The maximum Gasteiger partial charge on any atom is 0.250 e. The van der Waals surface area contributed by atoms with Crippen LogP contribution in [0.25, 0.3) is 17.3 Å². The number of amides is 1. The molecule has 1 amide bonds. The first-order valence-corrected chi connectivity index (χ1v) is 8.96. The van der Waals surface area contributed by atoms with Gasteiger partial charge in [0.15, 0.2) is 5.13 Å². The molecule has 0 fully saturated rings. The van der Waals surface area contributed by atoms with E-state index in [0.29, 0.717) is 11.7 Å². The zero-order chi connectivity index (χ0) is 18.2. The van der Waals surface area contributed by atoms with Crippen LogP contribution >= 0.6 is 11.3 Å². The third kappa shape index (κ3) is 4.91. The SMILES string of the molecule is C=CCOc1ccc(/C=C/C(=O)Nc2nc(-c3ccccc3)cs2)cc1. The summed E-state index contributed by atoms with van der Waals surface area (Å²) in [6, 6.07) is 17.3. The van der Waals surface area contributed by atoms with Crippen LogP contribution < -0.4 is 10.1 Å². The Labute approximate surface area is 156 Å². The Morgan fingerprint density at radius 1 is 1.15 bits per heavy atom. The Hall–Kier alpha value is -3.18. The highest BCUT2D eigenvalue weighted by Crippen LogP contribution is 2.24. The van der Waals surface area contributed by atoms with Gasteiger partial charge in [0.1, 0.15) is 12.4 Å². The molecule has 0 atom stereocenters. The Balaban J connectivity index is 1.58. The van der Waals surface area contributed by atoms with Crippen molar-refractivity contribution in [2.45, 2.75) is 0 Å². The number of carbonyl (C=O) groups is 1. The molecule has 5 heteroatoms. The van der Waals surface area contributed by atoms with E-state index in [4.69, 9.17) is 4.74 Å². The van der Waals surface area contributed by atoms with Crippen molar-refractivity contribution in [2.75, 3.05) is 11.9 Å². The lowest BCUT2D eigenvalue weighted by molar-refractivity contribution is -0.111. The van der Waals surface area contributed by atoms with E-state index < -0.39 is 0 Å². The van der Waals surface area contributed by atoms with Crippen LogP contribution in [-0.4, -0.2) is 17.5 Å². The van der Waals surface area contributed by atoms with Gasteiger partial charge in [-0.2, -0.15) is 0 Å². The molecule has 0 bridgehead atoms. The van der Waals surface area contributed by atoms with Crippen molar-refractivity contribution in [1.82, 2.24) is 4.98 Å². The smallest absolute Gasteiger partial charge is 0.250 e. The van der Waals surface area contributed by atoms with Crippen LogP contribution in [0.3, 0.4) is 0 Å². The van der Waals surface area contributed by atoms with Gasteiger partial charge >= 0.3 is 0 Å². The predicted octanol–water partition coefficient (Wildman–Crippen LogP) is 5.03. The highest BCUT2D eigenvalue weighted by Gasteiger charge is 2.06. The minimum Gasteiger partial charge on any atom is -0.490 e. The van der Waals surface area contributed by atoms with Gasteiger partial charge in [-0.15, -0.1) is 11.3 Å². The van der Waals surface area contributed by atoms with E-state index in [0.717, 1.165) is 22.6 Å². The van der Waals surface area contributed by atoms with Crippen LogP contribution in [0.1, 0.15) is 5.56 Å². The molecule has 0 aliphatic carbocycles. The Kier molecular flexibility index (Phi) is 5.96. The van der Waals surface area contributed by atoms with Crippen molar-refractivity contribution in [2.24, 2.45) is 0 Å². The molecule has 0 aliphatic rings. The zero-order valence-electron chi connectivity index (χ0n) is 14.1. The molecule has 0 aliphatic heterocycles. The second-order valence-electron chi connectivity index (χ2n) is 5.40. The Bertz CT molecular complexity index is 899. The monoisotopic (exact) mass is 362 g/mol. The molecular weight excluding hydrogens is 344 g/mol. The van der Waals surface area contributed by atoms with Crippen LogP contribution in [-0.2, 0) is 4.79 Å². The summed E-state index contributed by atoms with van der Waals surface area (Å²) in [5.74, 6) is 0.550. The second-order valence-corrected chi connectivity index (χ2v) is 6.25. The van der Waals surface area contributed by atoms with E-state index in [1.165, 1.54) is 17.4 Å². The maximum atomic E-state index is 12.1. The minimum atomic E-state index is -0.217. The number of nitrogens with one attached hydrogen (secondary N) is 1. The summed E-state index contributed by atoms with van der Waals surface area (Å²) in [5.41, 5.74) is 2.79. The third-order valence-corrected chi connectivity index (χ3v) is 4.24. The van der Waals surface area contributed by atoms with Gasteiger partial charge in [0.05, 0.1) is 5.69 Å². The van der Waals surface area contributed by atoms with Gasteiger partial charge in [-0.05, 0) is 23.8 Å². The largest absolute Gasteiger partial charge is 0.490 e. The fourth-order valence-electron chi connectivity index (χ4n) is 2.22. The van der Waals surface area contributed by atoms with Gasteiger partial charge in [-0.25, -0.2) is 4.98 Å². The van der Waals surface area contributed by atoms with Crippen LogP contribution in [0.15, 0.2) is 78.7 Å². The highest BCUT2D eigenvalue weighted by molar-refractivity contribution is 7.14. The summed E-state index contributed by atoms with van der Waals surface area (Å²) in [7, 11) is 0. The average molecular weight is 362 g/mol. The zero-order valence-corrected chi connectivity index (χ0v) is 14.9. The number of ether oxygens (including phenoxy) is 1. The molecule has 1 N–H and O–H groups in total. The van der Waals surface area contributed by atoms with Gasteiger partial charge in [-0.1, -0.05) is 55.1 Å². The number of rotatable bonds is 7. The third-order valence-electron chi connectivity index (χ3n) is 3.48. The van der Waals surface area contributed by atoms with Crippen molar-refractivity contribution in [3.05, 3.63) is 84.3 Å². The van der Waals surface area contributed by atoms with E-state index in [1.54, 1.807) is 12.2 Å². The van der Waals surface area contributed by atoms with Gasteiger partial charge in [0.25, 0.3) is 0 Å². The molecule has 3 rings (SSSR count). The number of carbonyl (C=O) groups excluding carboxylic acids is 1. The molecular formula is C21H18N2O2S. The van der Waals surface area contributed by atoms with Gasteiger partial charge in [-0.3, -0.25) is 10.1 Å². The highest BCUT2D eigenvalue weighted by atomic mass is 32.1. The summed E-state index contributed by atoms with van der Waals surface area (Å²) < 4.78 is 5.43. The van der Waals surface area contributed by atoms with E-state index in [9.17, 15) is 4.79 Å². The first-order chi connectivity index (χ1) is 12.7. The average Bonchev–Trinajstić information content (AvgIpc) is 3.14. The van der Waals surface area contributed by atoms with Crippen molar-refractivity contribution < 1.29 is 9.53 Å². The van der Waals surface area contributed by atoms with Crippen molar-refractivity contribution in [1.29, 1.82) is 0 Å². The van der Waals surface area contributed by atoms with Crippen molar-refractivity contribution in [3.63, 3.8) is 0 Å². The molecule has 0 saturated heterocycles. The van der Waals surface area contributed by atoms with E-state index in [2.05, 4.69) is 16.9 Å². The summed E-state index contributed by atoms with van der Waals surface area (Å²) in [4.78, 5) is 16.5. The second kappa shape index (κ2) is 8.78. The molecule has 130 valence electrons. The molecule has 0 radical (unpaired) electrons. The molecule has 1 aromatic heterocycles. The minimum absolute atomic E-state index is 0.217. The topological polar surface area (TPSA) is 51.2 Å². The number of hydrogen-bond acceptors (Lipinski definition) is 4. The standard InChI is InChI=1S/C21H18N2O2S/c1-2-14-25-18-11-8-16(9-12-18)10-13-20(24)23-21-22-19(15-26-21)17-6-4-3-5-7-17/h2-13,15H,1,14H2,(H,22,23,24)/b13-10+. The summed E-state index contributed by atoms with van der Waals surface area (Å²) in [6.07, 6.45) is 4.93. The number of thiazole rings is 1. The number of nitrogens with zero attached hydrogens (tertiary/aromatic N) is 1. The molecule has 26 heavy (non-hydrogen) atoms. The van der Waals surface area contributed by atoms with E-state index in [-0.39, 0.29) is 5.91 Å². The molecule has 4 nitrogen and oxygen atoms in total. The molecule has 1 heterocycles. The lowest BCUT2D eigenvalue weighted by atomic mass is 10.2. The van der Waals surface area contributed by atoms with Crippen molar-refractivity contribution in [3.8, 4) is 17.0 Å². The first kappa shape index (κ1) is 17.6. The first-order valence-electron chi connectivity index (χ1n) is 8.08. The van der Waals surface area contributed by atoms with Crippen LogP contribution in [0, 0.1) is 0 Å². The fraction of sp³-hybridized carbons (Fsp3) is 0.0476. The summed E-state index contributed by atoms with van der Waals surface area (Å²) in [6.45, 7) is 4.08. The summed E-state index contributed by atoms with van der Waals surface area (Å²) >= 11 is 1.40. The molecule has 0 saturated carbocycles. The fourth-order valence-corrected chi connectivity index (χ4v) is 2.94. The Morgan fingerprint density at radius 2 is 1.92 bits per heavy atom. The van der Waals surface area contributed by atoms with Crippen LogP contribution in [0.5, 0.6) is 5.75 Å².